The highest BCUT2D eigenvalue weighted by molar-refractivity contribution is 5.99. The molecule has 0 spiro atoms. The number of benzene rings is 4. The van der Waals surface area contributed by atoms with Gasteiger partial charge in [-0.25, -0.2) is 9.78 Å². The topological polar surface area (TPSA) is 84.4 Å². The highest BCUT2D eigenvalue weighted by atomic mass is 16.7. The standard InChI is InChI=1S/C32H26N2O4/c1-20-19-22-10-3-5-16-27(22)33-29(20)26-14-7-13-24-25(31(34-30(24)26)38-32(35)36)15-8-18-37-28-17-6-11-21-9-2-4-12-23(21)28/h2-7,9-14,16-17,19,34H,8,15,18H2,1H3,(H,35,36). The minimum absolute atomic E-state index is 0.239. The first-order valence-corrected chi connectivity index (χ1v) is 12.6. The Balaban J connectivity index is 1.32. The van der Waals surface area contributed by atoms with Gasteiger partial charge in [-0.15, -0.1) is 0 Å². The molecule has 0 saturated heterocycles. The summed E-state index contributed by atoms with van der Waals surface area (Å²) >= 11 is 0. The van der Waals surface area contributed by atoms with Crippen LogP contribution >= 0.6 is 0 Å². The molecule has 0 unspecified atom stereocenters. The summed E-state index contributed by atoms with van der Waals surface area (Å²) in [6, 6.07) is 30.2. The van der Waals surface area contributed by atoms with Crippen LogP contribution in [0.25, 0.3) is 43.8 Å². The number of fused-ring (bicyclic) bond motifs is 3. The third-order valence-corrected chi connectivity index (χ3v) is 6.84. The lowest BCUT2D eigenvalue weighted by Gasteiger charge is -2.10. The third-order valence-electron chi connectivity index (χ3n) is 6.84. The number of pyridine rings is 1. The Labute approximate surface area is 219 Å². The van der Waals surface area contributed by atoms with E-state index in [1.54, 1.807) is 0 Å². The zero-order valence-corrected chi connectivity index (χ0v) is 20.9. The Kier molecular flexibility index (Phi) is 6.14. The van der Waals surface area contributed by atoms with Gasteiger partial charge in [-0.05, 0) is 48.9 Å². The van der Waals surface area contributed by atoms with Crippen molar-refractivity contribution in [2.45, 2.75) is 19.8 Å². The Morgan fingerprint density at radius 2 is 1.63 bits per heavy atom. The zero-order chi connectivity index (χ0) is 26.1. The second-order valence-corrected chi connectivity index (χ2v) is 9.30. The Morgan fingerprint density at radius 3 is 2.50 bits per heavy atom. The quantitative estimate of drug-likeness (QED) is 0.171. The lowest BCUT2D eigenvalue weighted by Crippen LogP contribution is -2.06. The van der Waals surface area contributed by atoms with Crippen LogP contribution in [0.4, 0.5) is 4.79 Å². The van der Waals surface area contributed by atoms with E-state index in [4.69, 9.17) is 14.5 Å². The van der Waals surface area contributed by atoms with Crippen LogP contribution in [0.1, 0.15) is 17.5 Å². The molecule has 38 heavy (non-hydrogen) atoms. The number of aryl methyl sites for hydroxylation is 2. The van der Waals surface area contributed by atoms with Gasteiger partial charge in [0.25, 0.3) is 0 Å². The molecular formula is C32H26N2O4. The molecule has 188 valence electrons. The molecule has 4 aromatic carbocycles. The van der Waals surface area contributed by atoms with Gasteiger partial charge in [0.1, 0.15) is 5.75 Å². The average Bonchev–Trinajstić information content (AvgIpc) is 3.27. The number of aromatic amines is 1. The highest BCUT2D eigenvalue weighted by Crippen LogP contribution is 2.37. The largest absolute Gasteiger partial charge is 0.512 e. The number of aromatic nitrogens is 2. The molecule has 2 heterocycles. The van der Waals surface area contributed by atoms with E-state index in [2.05, 4.69) is 23.2 Å². The fourth-order valence-corrected chi connectivity index (χ4v) is 5.12. The molecule has 0 atom stereocenters. The molecule has 0 aliphatic rings. The maximum Gasteiger partial charge on any atom is 0.512 e. The number of nitrogens with zero attached hydrogens (tertiary/aromatic N) is 1. The number of ether oxygens (including phenoxy) is 2. The van der Waals surface area contributed by atoms with E-state index in [9.17, 15) is 9.90 Å². The smallest absolute Gasteiger partial charge is 0.493 e. The maximum absolute atomic E-state index is 11.5. The van der Waals surface area contributed by atoms with Gasteiger partial charge >= 0.3 is 6.16 Å². The van der Waals surface area contributed by atoms with Gasteiger partial charge in [0.05, 0.1) is 23.3 Å². The number of hydrogen-bond acceptors (Lipinski definition) is 4. The summed E-state index contributed by atoms with van der Waals surface area (Å²) in [5, 5.41) is 13.6. The number of hydrogen-bond donors (Lipinski definition) is 2. The molecule has 0 bridgehead atoms. The number of nitrogens with one attached hydrogen (secondary N) is 1. The SMILES string of the molecule is Cc1cc2ccccc2nc1-c1cccc2c(CCCOc3cccc4ccccc34)c(OC(=O)O)[nH]c12. The molecule has 2 N–H and O–H groups in total. The normalized spacial score (nSPS) is 11.3. The maximum atomic E-state index is 11.5. The first kappa shape index (κ1) is 23.6. The summed E-state index contributed by atoms with van der Waals surface area (Å²) < 4.78 is 11.3. The monoisotopic (exact) mass is 502 g/mol. The van der Waals surface area contributed by atoms with Crippen molar-refractivity contribution in [3.05, 3.63) is 102 Å². The van der Waals surface area contributed by atoms with Crippen LogP contribution in [-0.4, -0.2) is 27.8 Å². The molecular weight excluding hydrogens is 476 g/mol. The third kappa shape index (κ3) is 4.41. The fraction of sp³-hybridized carbons (Fsp3) is 0.125. The summed E-state index contributed by atoms with van der Waals surface area (Å²) in [5.41, 5.74) is 5.31. The summed E-state index contributed by atoms with van der Waals surface area (Å²) in [5.74, 6) is 1.08. The van der Waals surface area contributed by atoms with E-state index >= 15 is 0 Å². The first-order chi connectivity index (χ1) is 18.6. The van der Waals surface area contributed by atoms with Gasteiger partial charge in [-0.1, -0.05) is 72.8 Å². The Bertz CT molecular complexity index is 1800. The molecule has 0 fully saturated rings. The van der Waals surface area contributed by atoms with E-state index in [0.29, 0.717) is 19.4 Å². The number of carbonyl (C=O) groups is 1. The van der Waals surface area contributed by atoms with Crippen LogP contribution in [0, 0.1) is 6.92 Å². The van der Waals surface area contributed by atoms with Crippen molar-refractivity contribution in [3.8, 4) is 22.9 Å². The van der Waals surface area contributed by atoms with Gasteiger partial charge in [0.2, 0.25) is 5.88 Å². The first-order valence-electron chi connectivity index (χ1n) is 12.6. The Morgan fingerprint density at radius 1 is 0.895 bits per heavy atom. The summed E-state index contributed by atoms with van der Waals surface area (Å²) in [6.45, 7) is 2.52. The second kappa shape index (κ2) is 9.90. The summed E-state index contributed by atoms with van der Waals surface area (Å²) in [6.07, 6.45) is -0.0868. The second-order valence-electron chi connectivity index (χ2n) is 9.30. The van der Waals surface area contributed by atoms with Crippen LogP contribution in [0.3, 0.4) is 0 Å². The molecule has 0 aliphatic heterocycles. The highest BCUT2D eigenvalue weighted by Gasteiger charge is 2.19. The van der Waals surface area contributed by atoms with Crippen molar-refractivity contribution in [2.24, 2.45) is 0 Å². The molecule has 6 rings (SSSR count). The van der Waals surface area contributed by atoms with E-state index in [0.717, 1.165) is 60.7 Å². The fourth-order valence-electron chi connectivity index (χ4n) is 5.12. The zero-order valence-electron chi connectivity index (χ0n) is 20.9. The van der Waals surface area contributed by atoms with Gasteiger partial charge in [-0.2, -0.15) is 0 Å². The van der Waals surface area contributed by atoms with Gasteiger partial charge in [-0.3, -0.25) is 0 Å². The van der Waals surface area contributed by atoms with E-state index < -0.39 is 6.16 Å². The number of rotatable bonds is 7. The molecule has 0 aliphatic carbocycles. The summed E-state index contributed by atoms with van der Waals surface area (Å²) in [4.78, 5) is 19.7. The van der Waals surface area contributed by atoms with E-state index in [1.807, 2.05) is 79.7 Å². The average molecular weight is 503 g/mol. The summed E-state index contributed by atoms with van der Waals surface area (Å²) in [7, 11) is 0. The minimum Gasteiger partial charge on any atom is -0.493 e. The van der Waals surface area contributed by atoms with E-state index in [1.165, 1.54) is 0 Å². The number of carboxylic acid groups (broad SMARTS) is 1. The molecule has 0 saturated carbocycles. The van der Waals surface area contributed by atoms with E-state index in [-0.39, 0.29) is 5.88 Å². The van der Waals surface area contributed by atoms with Crippen LogP contribution in [0.2, 0.25) is 0 Å². The number of para-hydroxylation sites is 2. The van der Waals surface area contributed by atoms with Crippen molar-refractivity contribution in [1.82, 2.24) is 9.97 Å². The predicted molar refractivity (Wildman–Crippen MR) is 150 cm³/mol. The number of H-pyrrole nitrogens is 1. The van der Waals surface area contributed by atoms with Crippen LogP contribution < -0.4 is 9.47 Å². The lowest BCUT2D eigenvalue weighted by molar-refractivity contribution is 0.142. The van der Waals surface area contributed by atoms with Crippen molar-refractivity contribution >= 4 is 38.7 Å². The lowest BCUT2D eigenvalue weighted by atomic mass is 10.00. The van der Waals surface area contributed by atoms with Crippen molar-refractivity contribution in [1.29, 1.82) is 0 Å². The van der Waals surface area contributed by atoms with Gasteiger partial charge in [0.15, 0.2) is 0 Å². The van der Waals surface area contributed by atoms with Crippen molar-refractivity contribution in [2.75, 3.05) is 6.61 Å². The predicted octanol–water partition coefficient (Wildman–Crippen LogP) is 7.91. The van der Waals surface area contributed by atoms with Crippen LogP contribution in [0.5, 0.6) is 11.6 Å². The molecule has 6 heteroatoms. The van der Waals surface area contributed by atoms with Gasteiger partial charge in [0, 0.05) is 27.3 Å². The van der Waals surface area contributed by atoms with Crippen LogP contribution in [-0.2, 0) is 6.42 Å². The van der Waals surface area contributed by atoms with Crippen molar-refractivity contribution in [3.63, 3.8) is 0 Å². The minimum atomic E-state index is -1.36. The molecule has 0 amide bonds. The Hall–Kier alpha value is -4.84. The molecule has 0 radical (unpaired) electrons. The van der Waals surface area contributed by atoms with Crippen molar-refractivity contribution < 1.29 is 19.4 Å². The molecule has 6 aromatic rings. The van der Waals surface area contributed by atoms with Crippen LogP contribution in [0.15, 0.2) is 91.0 Å². The van der Waals surface area contributed by atoms with Gasteiger partial charge < -0.3 is 19.6 Å². The molecule has 6 nitrogen and oxygen atoms in total. The molecule has 2 aromatic heterocycles.